The van der Waals surface area contributed by atoms with Gasteiger partial charge in [-0.25, -0.2) is 0 Å². The second-order valence-electron chi connectivity index (χ2n) is 8.77. The Hall–Kier alpha value is -3.20. The minimum atomic E-state index is -1.00. The lowest BCUT2D eigenvalue weighted by Gasteiger charge is -2.34. The molecule has 0 amide bonds. The van der Waals surface area contributed by atoms with Gasteiger partial charge in [0.05, 0.1) is 0 Å². The molecule has 0 heterocycles. The molecule has 0 bridgehead atoms. The largest absolute Gasteiger partial charge is 0.313 e. The van der Waals surface area contributed by atoms with Crippen LogP contribution in [-0.4, -0.2) is 46.3 Å². The zero-order chi connectivity index (χ0) is 28.2. The standard InChI is InChI=1S/C8H16N2O6.C6H12N2O6.C5H12.CH4/c1-4-8(7(2)3,5-15-9(11)12)6-16-10(13)14;1-5(2)3-6(14-8(11)12)4-13-7(9)10;1-4-5(2)3;/h7H,4-6H2,1-3H3;5-6H,3-4H2,1-2H3;5H,4H2,1-3H3;1H4. The number of nitrogens with zero attached hydrogens (tertiary/aromatic N) is 4. The van der Waals surface area contributed by atoms with E-state index in [-0.39, 0.29) is 32.5 Å². The van der Waals surface area contributed by atoms with Crippen LogP contribution in [-0.2, 0) is 19.4 Å². The lowest BCUT2D eigenvalue weighted by atomic mass is 9.76. The lowest BCUT2D eigenvalue weighted by molar-refractivity contribution is -0.790. The summed E-state index contributed by atoms with van der Waals surface area (Å²) < 4.78 is 0. The molecule has 0 radical (unpaired) electrons. The minimum Gasteiger partial charge on any atom is -0.313 e. The molecular weight excluding hydrogens is 488 g/mol. The Bertz CT molecular complexity index is 600. The van der Waals surface area contributed by atoms with Gasteiger partial charge in [0.2, 0.25) is 0 Å². The average molecular weight is 533 g/mol. The van der Waals surface area contributed by atoms with Crippen molar-refractivity contribution in [1.29, 1.82) is 0 Å². The van der Waals surface area contributed by atoms with Crippen LogP contribution in [0.5, 0.6) is 0 Å². The molecule has 0 saturated carbocycles. The van der Waals surface area contributed by atoms with Crippen molar-refractivity contribution in [3.8, 4) is 0 Å². The Labute approximate surface area is 212 Å². The van der Waals surface area contributed by atoms with E-state index in [0.717, 1.165) is 5.92 Å². The highest BCUT2D eigenvalue weighted by Gasteiger charge is 2.35. The maximum Gasteiger partial charge on any atom is 0.294 e. The average Bonchev–Trinajstić information content (AvgIpc) is 2.72. The van der Waals surface area contributed by atoms with Gasteiger partial charge in [-0.2, -0.15) is 0 Å². The van der Waals surface area contributed by atoms with Crippen molar-refractivity contribution < 1.29 is 39.7 Å². The van der Waals surface area contributed by atoms with E-state index in [1.165, 1.54) is 6.42 Å². The summed E-state index contributed by atoms with van der Waals surface area (Å²) >= 11 is 0. The molecule has 216 valence electrons. The topological polar surface area (TPSA) is 209 Å². The Morgan fingerprint density at radius 2 is 1.08 bits per heavy atom. The van der Waals surface area contributed by atoms with Gasteiger partial charge in [0.1, 0.15) is 25.9 Å². The molecule has 1 atom stereocenters. The second-order valence-corrected chi connectivity index (χ2v) is 8.77. The fourth-order valence-electron chi connectivity index (χ4n) is 2.28. The second kappa shape index (κ2) is 22.3. The van der Waals surface area contributed by atoms with Crippen molar-refractivity contribution in [1.82, 2.24) is 0 Å². The molecule has 0 aromatic carbocycles. The molecule has 0 spiro atoms. The third kappa shape index (κ3) is 25.4. The fraction of sp³-hybridized carbons (Fsp3) is 1.00. The molecule has 0 rings (SSSR count). The number of hydrogen-bond acceptors (Lipinski definition) is 12. The molecule has 16 heteroatoms. The van der Waals surface area contributed by atoms with Gasteiger partial charge in [0.15, 0.2) is 0 Å². The van der Waals surface area contributed by atoms with Crippen molar-refractivity contribution in [3.05, 3.63) is 40.5 Å². The SMILES string of the molecule is C.CC(C)CC(CO[N+](=O)[O-])O[N+](=O)[O-].CCC(C)C.CCC(CO[N+](=O)[O-])(CO[N+](=O)[O-])C(C)C. The van der Waals surface area contributed by atoms with Gasteiger partial charge in [-0.1, -0.05) is 69.2 Å². The lowest BCUT2D eigenvalue weighted by Crippen LogP contribution is -2.38. The Balaban J connectivity index is -0.000000235. The first-order valence-electron chi connectivity index (χ1n) is 11.2. The van der Waals surface area contributed by atoms with Gasteiger partial charge in [-0.3, -0.25) is 0 Å². The van der Waals surface area contributed by atoms with Crippen LogP contribution in [0.2, 0.25) is 0 Å². The van der Waals surface area contributed by atoms with Crippen LogP contribution in [0.25, 0.3) is 0 Å². The monoisotopic (exact) mass is 532 g/mol. The van der Waals surface area contributed by atoms with Crippen LogP contribution in [0.1, 0.15) is 82.1 Å². The fourth-order valence-corrected chi connectivity index (χ4v) is 2.28. The molecule has 16 nitrogen and oxygen atoms in total. The van der Waals surface area contributed by atoms with E-state index < -0.39 is 38.5 Å². The quantitative estimate of drug-likeness (QED) is 0.191. The summed E-state index contributed by atoms with van der Waals surface area (Å²) in [6.45, 7) is 14.9. The zero-order valence-corrected chi connectivity index (χ0v) is 21.7. The normalized spacial score (nSPS) is 11.1. The summed E-state index contributed by atoms with van der Waals surface area (Å²) in [4.78, 5) is 56.9. The first kappa shape index (κ1) is 40.0. The van der Waals surface area contributed by atoms with Crippen molar-refractivity contribution in [2.24, 2.45) is 23.2 Å². The first-order valence-corrected chi connectivity index (χ1v) is 11.2. The van der Waals surface area contributed by atoms with Crippen LogP contribution in [0.15, 0.2) is 0 Å². The van der Waals surface area contributed by atoms with Gasteiger partial charge in [-0.15, -0.1) is 40.5 Å². The van der Waals surface area contributed by atoms with E-state index in [4.69, 9.17) is 0 Å². The molecule has 0 aliphatic heterocycles. The Morgan fingerprint density at radius 1 is 0.694 bits per heavy atom. The van der Waals surface area contributed by atoms with Gasteiger partial charge in [0, 0.05) is 5.41 Å². The summed E-state index contributed by atoms with van der Waals surface area (Å²) in [5.74, 6) is 0.989. The zero-order valence-electron chi connectivity index (χ0n) is 21.7. The highest BCUT2D eigenvalue weighted by molar-refractivity contribution is 4.80. The molecular formula is C20H44N4O12. The molecule has 0 N–H and O–H groups in total. The van der Waals surface area contributed by atoms with Crippen molar-refractivity contribution in [2.75, 3.05) is 19.8 Å². The predicted molar refractivity (Wildman–Crippen MR) is 130 cm³/mol. The van der Waals surface area contributed by atoms with E-state index in [1.807, 2.05) is 27.7 Å². The molecule has 0 aliphatic rings. The maximum atomic E-state index is 10.1. The van der Waals surface area contributed by atoms with Gasteiger partial charge in [0.25, 0.3) is 20.3 Å². The predicted octanol–water partition coefficient (Wildman–Crippen LogP) is 4.96. The van der Waals surface area contributed by atoms with Crippen molar-refractivity contribution in [3.63, 3.8) is 0 Å². The number of hydrogen-bond donors (Lipinski definition) is 0. The maximum absolute atomic E-state index is 10.1. The molecule has 0 fully saturated rings. The van der Waals surface area contributed by atoms with Crippen molar-refractivity contribution in [2.45, 2.75) is 88.2 Å². The van der Waals surface area contributed by atoms with Crippen LogP contribution in [0, 0.1) is 63.6 Å². The van der Waals surface area contributed by atoms with Gasteiger partial charge < -0.3 is 19.4 Å². The summed E-state index contributed by atoms with van der Waals surface area (Å²) in [6.07, 6.45) is 1.23. The Kier molecular flexibility index (Phi) is 24.7. The van der Waals surface area contributed by atoms with Crippen LogP contribution in [0.3, 0.4) is 0 Å². The summed E-state index contributed by atoms with van der Waals surface area (Å²) in [5, 5.41) is 36.3. The first-order chi connectivity index (χ1) is 16.0. The highest BCUT2D eigenvalue weighted by atomic mass is 17.0. The Morgan fingerprint density at radius 3 is 1.31 bits per heavy atom. The molecule has 0 aromatic rings. The minimum absolute atomic E-state index is 0. The van der Waals surface area contributed by atoms with Gasteiger partial charge >= 0.3 is 0 Å². The van der Waals surface area contributed by atoms with E-state index in [9.17, 15) is 40.5 Å². The molecule has 0 aliphatic carbocycles. The van der Waals surface area contributed by atoms with E-state index in [2.05, 4.69) is 40.1 Å². The molecule has 0 saturated heterocycles. The van der Waals surface area contributed by atoms with Crippen LogP contribution >= 0.6 is 0 Å². The van der Waals surface area contributed by atoms with Crippen molar-refractivity contribution >= 4 is 0 Å². The third-order valence-corrected chi connectivity index (χ3v) is 5.00. The van der Waals surface area contributed by atoms with Crippen LogP contribution < -0.4 is 0 Å². The summed E-state index contributed by atoms with van der Waals surface area (Å²) in [5.41, 5.74) is -0.722. The van der Waals surface area contributed by atoms with Gasteiger partial charge in [-0.05, 0) is 30.6 Å². The highest BCUT2D eigenvalue weighted by Crippen LogP contribution is 2.32. The third-order valence-electron chi connectivity index (χ3n) is 5.00. The molecule has 0 aromatic heterocycles. The number of rotatable bonds is 16. The van der Waals surface area contributed by atoms with Crippen LogP contribution in [0.4, 0.5) is 0 Å². The van der Waals surface area contributed by atoms with E-state index >= 15 is 0 Å². The van der Waals surface area contributed by atoms with E-state index in [0.29, 0.717) is 12.8 Å². The smallest absolute Gasteiger partial charge is 0.294 e. The molecule has 1 unspecified atom stereocenters. The summed E-state index contributed by atoms with van der Waals surface area (Å²) in [6, 6.07) is 0. The molecule has 36 heavy (non-hydrogen) atoms. The van der Waals surface area contributed by atoms with E-state index in [1.54, 1.807) is 6.92 Å². The summed E-state index contributed by atoms with van der Waals surface area (Å²) in [7, 11) is 0.